The van der Waals surface area contributed by atoms with E-state index in [0.29, 0.717) is 6.54 Å². The highest BCUT2D eigenvalue weighted by atomic mass is 16.1. The summed E-state index contributed by atoms with van der Waals surface area (Å²) in [5, 5.41) is 6.30. The minimum Gasteiger partial charge on any atom is -0.368 e. The van der Waals surface area contributed by atoms with Gasteiger partial charge in [0.15, 0.2) is 5.96 Å². The summed E-state index contributed by atoms with van der Waals surface area (Å²) in [6.07, 6.45) is 0. The summed E-state index contributed by atoms with van der Waals surface area (Å²) in [6, 6.07) is -0.270. The molecule has 1 saturated heterocycles. The fraction of sp³-hybridized carbons (Fsp3) is 0.750. The minimum absolute atomic E-state index is 0.270. The van der Waals surface area contributed by atoms with E-state index in [2.05, 4.69) is 15.6 Å². The number of carbonyl (C=O) groups is 1. The highest BCUT2D eigenvalue weighted by Gasteiger charge is 2.29. The number of nitrogens with one attached hydrogen (secondary N) is 2. The molecule has 0 bridgehead atoms. The van der Waals surface area contributed by atoms with Crippen molar-refractivity contribution in [2.45, 2.75) is 6.04 Å². The molecule has 14 heavy (non-hydrogen) atoms. The average molecular weight is 197 g/mol. The van der Waals surface area contributed by atoms with Crippen LogP contribution in [0.25, 0.3) is 0 Å². The number of rotatable bonds is 1. The summed E-state index contributed by atoms with van der Waals surface area (Å²) in [5.41, 5.74) is 5.32. The van der Waals surface area contributed by atoms with E-state index in [1.165, 1.54) is 0 Å². The highest BCUT2D eigenvalue weighted by Crippen LogP contribution is 2.05. The molecule has 0 aromatic heterocycles. The van der Waals surface area contributed by atoms with Crippen molar-refractivity contribution in [2.75, 3.05) is 32.7 Å². The zero-order valence-corrected chi connectivity index (χ0v) is 7.99. The van der Waals surface area contributed by atoms with E-state index in [-0.39, 0.29) is 11.9 Å². The molecule has 1 unspecified atom stereocenters. The quantitative estimate of drug-likeness (QED) is 0.441. The molecular weight excluding hydrogens is 182 g/mol. The van der Waals surface area contributed by atoms with Crippen LogP contribution in [0.4, 0.5) is 0 Å². The fourth-order valence-corrected chi connectivity index (χ4v) is 1.79. The molecule has 2 aliphatic rings. The number of guanidine groups is 1. The van der Waals surface area contributed by atoms with Crippen molar-refractivity contribution in [2.24, 2.45) is 10.7 Å². The Morgan fingerprint density at radius 1 is 1.57 bits per heavy atom. The van der Waals surface area contributed by atoms with Gasteiger partial charge >= 0.3 is 0 Å². The Hall–Kier alpha value is -1.30. The van der Waals surface area contributed by atoms with Gasteiger partial charge < -0.3 is 21.3 Å². The fourth-order valence-electron chi connectivity index (χ4n) is 1.79. The number of aliphatic imine (C=N–C) groups is 1. The highest BCUT2D eigenvalue weighted by molar-refractivity contribution is 5.89. The van der Waals surface area contributed by atoms with Crippen LogP contribution in [0.3, 0.4) is 0 Å². The maximum atomic E-state index is 11.2. The molecule has 0 aliphatic carbocycles. The van der Waals surface area contributed by atoms with Crippen LogP contribution in [-0.4, -0.2) is 55.5 Å². The van der Waals surface area contributed by atoms with Crippen molar-refractivity contribution in [3.63, 3.8) is 0 Å². The van der Waals surface area contributed by atoms with E-state index < -0.39 is 0 Å². The average Bonchev–Trinajstić information content (AvgIpc) is 2.70. The SMILES string of the molecule is NC(=O)C1CNCCN1C1=NCCN1. The van der Waals surface area contributed by atoms with E-state index >= 15 is 0 Å². The number of primary amides is 1. The zero-order chi connectivity index (χ0) is 9.97. The lowest BCUT2D eigenvalue weighted by Gasteiger charge is -2.35. The van der Waals surface area contributed by atoms with Gasteiger partial charge in [0.2, 0.25) is 5.91 Å². The second-order valence-corrected chi connectivity index (χ2v) is 3.45. The number of piperazine rings is 1. The van der Waals surface area contributed by atoms with Crippen LogP contribution in [0.15, 0.2) is 4.99 Å². The molecular formula is C8H15N5O. The van der Waals surface area contributed by atoms with Gasteiger partial charge in [0, 0.05) is 26.2 Å². The van der Waals surface area contributed by atoms with Crippen LogP contribution in [-0.2, 0) is 4.79 Å². The topological polar surface area (TPSA) is 82.8 Å². The Balaban J connectivity index is 2.09. The predicted molar refractivity (Wildman–Crippen MR) is 52.9 cm³/mol. The van der Waals surface area contributed by atoms with Gasteiger partial charge in [0.05, 0.1) is 6.54 Å². The zero-order valence-electron chi connectivity index (χ0n) is 7.99. The van der Waals surface area contributed by atoms with Gasteiger partial charge in [-0.3, -0.25) is 9.79 Å². The Morgan fingerprint density at radius 2 is 2.43 bits per heavy atom. The smallest absolute Gasteiger partial charge is 0.241 e. The van der Waals surface area contributed by atoms with Crippen LogP contribution in [0.2, 0.25) is 0 Å². The van der Waals surface area contributed by atoms with Crippen molar-refractivity contribution in [1.29, 1.82) is 0 Å². The maximum Gasteiger partial charge on any atom is 0.241 e. The largest absolute Gasteiger partial charge is 0.368 e. The Kier molecular flexibility index (Phi) is 2.53. The second-order valence-electron chi connectivity index (χ2n) is 3.45. The summed E-state index contributed by atoms with van der Waals surface area (Å²) in [6.45, 7) is 3.88. The number of hydrogen-bond acceptors (Lipinski definition) is 5. The molecule has 6 nitrogen and oxygen atoms in total. The summed E-state index contributed by atoms with van der Waals surface area (Å²) in [7, 11) is 0. The van der Waals surface area contributed by atoms with E-state index in [1.807, 2.05) is 4.90 Å². The Bertz CT molecular complexity index is 264. The Labute approximate surface area is 82.5 Å². The molecule has 78 valence electrons. The van der Waals surface area contributed by atoms with Gasteiger partial charge in [0.1, 0.15) is 6.04 Å². The molecule has 2 heterocycles. The molecule has 2 rings (SSSR count). The summed E-state index contributed by atoms with van der Waals surface area (Å²) in [4.78, 5) is 17.4. The molecule has 0 radical (unpaired) electrons. The third-order valence-electron chi connectivity index (χ3n) is 2.50. The summed E-state index contributed by atoms with van der Waals surface area (Å²) >= 11 is 0. The number of hydrogen-bond donors (Lipinski definition) is 3. The standard InChI is InChI=1S/C8H15N5O/c9-7(14)6-5-10-3-4-13(6)8-11-1-2-12-8/h6,10H,1-5H2,(H2,9,14)(H,11,12). The monoisotopic (exact) mass is 197 g/mol. The van der Waals surface area contributed by atoms with Gasteiger partial charge in [0.25, 0.3) is 0 Å². The third-order valence-corrected chi connectivity index (χ3v) is 2.50. The number of carbonyl (C=O) groups excluding carboxylic acids is 1. The van der Waals surface area contributed by atoms with E-state index in [0.717, 1.165) is 32.1 Å². The molecule has 1 fully saturated rings. The molecule has 0 saturated carbocycles. The summed E-state index contributed by atoms with van der Waals surface area (Å²) < 4.78 is 0. The molecule has 1 atom stereocenters. The van der Waals surface area contributed by atoms with Crippen molar-refractivity contribution in [1.82, 2.24) is 15.5 Å². The second kappa shape index (κ2) is 3.83. The number of nitrogens with zero attached hydrogens (tertiary/aromatic N) is 2. The maximum absolute atomic E-state index is 11.2. The first kappa shape index (κ1) is 9.26. The van der Waals surface area contributed by atoms with Crippen LogP contribution in [0.5, 0.6) is 0 Å². The van der Waals surface area contributed by atoms with Crippen LogP contribution < -0.4 is 16.4 Å². The number of amides is 1. The van der Waals surface area contributed by atoms with Crippen molar-refractivity contribution < 1.29 is 4.79 Å². The van der Waals surface area contributed by atoms with Gasteiger partial charge in [-0.15, -0.1) is 0 Å². The Morgan fingerprint density at radius 3 is 3.07 bits per heavy atom. The molecule has 2 aliphatic heterocycles. The molecule has 6 heteroatoms. The first-order chi connectivity index (χ1) is 6.79. The molecule has 0 aromatic rings. The lowest BCUT2D eigenvalue weighted by atomic mass is 10.2. The number of nitrogens with two attached hydrogens (primary N) is 1. The lowest BCUT2D eigenvalue weighted by Crippen LogP contribution is -2.60. The van der Waals surface area contributed by atoms with Gasteiger partial charge in [-0.2, -0.15) is 0 Å². The van der Waals surface area contributed by atoms with E-state index in [1.54, 1.807) is 0 Å². The van der Waals surface area contributed by atoms with E-state index in [4.69, 9.17) is 5.73 Å². The van der Waals surface area contributed by atoms with Crippen LogP contribution in [0.1, 0.15) is 0 Å². The minimum atomic E-state index is -0.298. The lowest BCUT2D eigenvalue weighted by molar-refractivity contribution is -0.122. The molecule has 4 N–H and O–H groups in total. The third kappa shape index (κ3) is 1.65. The van der Waals surface area contributed by atoms with Crippen LogP contribution >= 0.6 is 0 Å². The molecule has 0 aromatic carbocycles. The molecule has 1 amide bonds. The van der Waals surface area contributed by atoms with E-state index in [9.17, 15) is 4.79 Å². The van der Waals surface area contributed by atoms with Gasteiger partial charge in [-0.25, -0.2) is 0 Å². The molecule has 0 spiro atoms. The van der Waals surface area contributed by atoms with Crippen molar-refractivity contribution >= 4 is 11.9 Å². The first-order valence-electron chi connectivity index (χ1n) is 4.84. The van der Waals surface area contributed by atoms with Gasteiger partial charge in [-0.05, 0) is 0 Å². The predicted octanol–water partition coefficient (Wildman–Crippen LogP) is -2.30. The van der Waals surface area contributed by atoms with Crippen molar-refractivity contribution in [3.8, 4) is 0 Å². The van der Waals surface area contributed by atoms with Gasteiger partial charge in [-0.1, -0.05) is 0 Å². The summed E-state index contributed by atoms with van der Waals surface area (Å²) in [5.74, 6) is 0.518. The normalized spacial score (nSPS) is 27.0. The van der Waals surface area contributed by atoms with Crippen LogP contribution in [0, 0.1) is 0 Å². The first-order valence-corrected chi connectivity index (χ1v) is 4.84. The van der Waals surface area contributed by atoms with Crippen molar-refractivity contribution in [3.05, 3.63) is 0 Å².